The summed E-state index contributed by atoms with van der Waals surface area (Å²) in [6.07, 6.45) is 4.48. The Morgan fingerprint density at radius 1 is 1.18 bits per heavy atom. The fourth-order valence-electron chi connectivity index (χ4n) is 4.22. The number of hydrogen-bond donors (Lipinski definition) is 0. The number of furan rings is 1. The van der Waals surface area contributed by atoms with Crippen molar-refractivity contribution in [2.24, 2.45) is 5.92 Å². The molecular formula is C25H25ClN2O4S. The van der Waals surface area contributed by atoms with Crippen molar-refractivity contribution in [3.8, 4) is 5.75 Å². The highest BCUT2D eigenvalue weighted by Gasteiger charge is 2.35. The first-order valence-electron chi connectivity index (χ1n) is 11.2. The first kappa shape index (κ1) is 22.0. The summed E-state index contributed by atoms with van der Waals surface area (Å²) in [4.78, 5) is 31.3. The lowest BCUT2D eigenvalue weighted by molar-refractivity contribution is -0.135. The molecule has 1 saturated carbocycles. The van der Waals surface area contributed by atoms with E-state index in [0.29, 0.717) is 36.4 Å². The monoisotopic (exact) mass is 484 g/mol. The van der Waals surface area contributed by atoms with Gasteiger partial charge >= 0.3 is 0 Å². The summed E-state index contributed by atoms with van der Waals surface area (Å²) in [7, 11) is 0. The van der Waals surface area contributed by atoms with Crippen molar-refractivity contribution in [2.75, 3.05) is 26.2 Å². The molecule has 0 spiro atoms. The second-order valence-corrected chi connectivity index (χ2v) is 9.96. The minimum absolute atomic E-state index is 0.0347. The van der Waals surface area contributed by atoms with Crippen molar-refractivity contribution in [3.63, 3.8) is 0 Å². The molecule has 172 valence electrons. The average molecular weight is 485 g/mol. The number of nitrogens with zero attached hydrogens (tertiary/aromatic N) is 2. The Labute approximate surface area is 201 Å². The van der Waals surface area contributed by atoms with Crippen LogP contribution >= 0.6 is 22.9 Å². The topological polar surface area (TPSA) is 63.0 Å². The molecule has 33 heavy (non-hydrogen) atoms. The predicted octanol–water partition coefficient (Wildman–Crippen LogP) is 5.05. The highest BCUT2D eigenvalue weighted by atomic mass is 35.5. The first-order valence-corrected chi connectivity index (χ1v) is 12.4. The van der Waals surface area contributed by atoms with Crippen LogP contribution in [0.15, 0.2) is 58.5 Å². The molecule has 2 amide bonds. The van der Waals surface area contributed by atoms with Crippen LogP contribution < -0.4 is 4.74 Å². The number of thiophene rings is 1. The van der Waals surface area contributed by atoms with Crippen LogP contribution in [0, 0.1) is 5.92 Å². The highest BCUT2D eigenvalue weighted by Crippen LogP contribution is 2.35. The number of rotatable bonds is 8. The van der Waals surface area contributed by atoms with E-state index in [-0.39, 0.29) is 30.2 Å². The molecule has 1 unspecified atom stereocenters. The molecule has 5 rings (SSSR count). The molecule has 1 aliphatic heterocycles. The van der Waals surface area contributed by atoms with Crippen LogP contribution in [0.1, 0.15) is 39.9 Å². The van der Waals surface area contributed by atoms with Gasteiger partial charge in [-0.05, 0) is 78.6 Å². The lowest BCUT2D eigenvalue weighted by Gasteiger charge is -2.37. The lowest BCUT2D eigenvalue weighted by Crippen LogP contribution is -2.48. The molecule has 6 nitrogen and oxygen atoms in total. The second kappa shape index (κ2) is 9.61. The summed E-state index contributed by atoms with van der Waals surface area (Å²) in [5.41, 5.74) is 1.12. The van der Waals surface area contributed by atoms with Gasteiger partial charge in [-0.1, -0.05) is 11.6 Å². The van der Waals surface area contributed by atoms with Gasteiger partial charge in [0.2, 0.25) is 5.91 Å². The maximum absolute atomic E-state index is 13.5. The van der Waals surface area contributed by atoms with E-state index in [4.69, 9.17) is 20.8 Å². The summed E-state index contributed by atoms with van der Waals surface area (Å²) in [6.45, 7) is 1.56. The standard InChI is InChI=1S/C25H25ClN2O4S/c26-18-5-7-19(8-6-18)32-16-21-20-10-13-33-23(20)9-11-28(21)24(29)15-27(14-17-3-4-17)25(30)22-2-1-12-31-22/h1-2,5-8,10,12-13,17,21H,3-4,9,11,14-16H2. The van der Waals surface area contributed by atoms with E-state index >= 15 is 0 Å². The summed E-state index contributed by atoms with van der Waals surface area (Å²) < 4.78 is 11.4. The molecule has 0 radical (unpaired) electrons. The zero-order valence-electron chi connectivity index (χ0n) is 18.1. The smallest absolute Gasteiger partial charge is 0.290 e. The van der Waals surface area contributed by atoms with E-state index < -0.39 is 0 Å². The van der Waals surface area contributed by atoms with Gasteiger partial charge in [0, 0.05) is 23.0 Å². The number of benzene rings is 1. The molecule has 8 heteroatoms. The molecule has 0 N–H and O–H groups in total. The number of halogens is 1. The Hall–Kier alpha value is -2.77. The van der Waals surface area contributed by atoms with Gasteiger partial charge in [-0.2, -0.15) is 0 Å². The average Bonchev–Trinajstić information content (AvgIpc) is 3.27. The number of amides is 2. The third kappa shape index (κ3) is 5.09. The number of carbonyl (C=O) groups excluding carboxylic acids is 2. The molecule has 0 bridgehead atoms. The van der Waals surface area contributed by atoms with Crippen LogP contribution in [-0.4, -0.2) is 47.9 Å². The van der Waals surface area contributed by atoms with E-state index in [2.05, 4.69) is 11.4 Å². The predicted molar refractivity (Wildman–Crippen MR) is 127 cm³/mol. The van der Waals surface area contributed by atoms with E-state index in [0.717, 1.165) is 24.8 Å². The highest BCUT2D eigenvalue weighted by molar-refractivity contribution is 7.10. The Balaban J connectivity index is 1.33. The molecule has 1 fully saturated rings. The van der Waals surface area contributed by atoms with E-state index in [1.165, 1.54) is 11.1 Å². The Morgan fingerprint density at radius 2 is 2.00 bits per heavy atom. The van der Waals surface area contributed by atoms with Gasteiger partial charge in [-0.25, -0.2) is 0 Å². The summed E-state index contributed by atoms with van der Waals surface area (Å²) >= 11 is 7.70. The van der Waals surface area contributed by atoms with Gasteiger partial charge in [0.1, 0.15) is 18.9 Å². The number of ether oxygens (including phenoxy) is 1. The molecule has 1 aliphatic carbocycles. The van der Waals surface area contributed by atoms with Crippen molar-refractivity contribution in [1.29, 1.82) is 0 Å². The SMILES string of the molecule is O=C(c1ccco1)N(CC(=O)N1CCc2sccc2C1COc1ccc(Cl)cc1)CC1CC1. The maximum atomic E-state index is 13.5. The molecule has 3 aromatic rings. The van der Waals surface area contributed by atoms with Crippen LogP contribution in [0.25, 0.3) is 0 Å². The van der Waals surface area contributed by atoms with Crippen LogP contribution in [0.3, 0.4) is 0 Å². The van der Waals surface area contributed by atoms with Crippen molar-refractivity contribution < 1.29 is 18.7 Å². The third-order valence-corrected chi connectivity index (χ3v) is 7.41. The van der Waals surface area contributed by atoms with E-state index in [1.807, 2.05) is 17.0 Å². The molecule has 2 aliphatic rings. The molecule has 3 heterocycles. The van der Waals surface area contributed by atoms with Crippen LogP contribution in [0.2, 0.25) is 5.02 Å². The number of carbonyl (C=O) groups is 2. The third-order valence-electron chi connectivity index (χ3n) is 6.16. The minimum atomic E-state index is -0.234. The Bertz CT molecular complexity index is 1110. The van der Waals surface area contributed by atoms with Crippen molar-refractivity contribution in [3.05, 3.63) is 75.3 Å². The van der Waals surface area contributed by atoms with Gasteiger partial charge in [0.25, 0.3) is 5.91 Å². The molecule has 2 aromatic heterocycles. The zero-order valence-corrected chi connectivity index (χ0v) is 19.7. The molecule has 1 aromatic carbocycles. The largest absolute Gasteiger partial charge is 0.491 e. The van der Waals surface area contributed by atoms with Crippen molar-refractivity contribution in [2.45, 2.75) is 25.3 Å². The normalized spacial score (nSPS) is 17.5. The Kier molecular flexibility index (Phi) is 6.42. The van der Waals surface area contributed by atoms with Gasteiger partial charge in [-0.15, -0.1) is 11.3 Å². The summed E-state index contributed by atoms with van der Waals surface area (Å²) in [5.74, 6) is 1.13. The van der Waals surface area contributed by atoms with Crippen LogP contribution in [0.5, 0.6) is 5.75 Å². The molecular weight excluding hydrogens is 460 g/mol. The van der Waals surface area contributed by atoms with Crippen molar-refractivity contribution in [1.82, 2.24) is 9.80 Å². The Morgan fingerprint density at radius 3 is 2.73 bits per heavy atom. The first-order chi connectivity index (χ1) is 16.1. The maximum Gasteiger partial charge on any atom is 0.290 e. The zero-order chi connectivity index (χ0) is 22.8. The molecule has 1 atom stereocenters. The van der Waals surface area contributed by atoms with Gasteiger partial charge in [-0.3, -0.25) is 9.59 Å². The number of fused-ring (bicyclic) bond motifs is 1. The fourth-order valence-corrected chi connectivity index (χ4v) is 5.28. The van der Waals surface area contributed by atoms with Gasteiger partial charge in [0.05, 0.1) is 12.3 Å². The summed E-state index contributed by atoms with van der Waals surface area (Å²) in [6, 6.07) is 12.4. The minimum Gasteiger partial charge on any atom is -0.491 e. The quantitative estimate of drug-likeness (QED) is 0.448. The van der Waals surface area contributed by atoms with Crippen LogP contribution in [-0.2, 0) is 11.2 Å². The summed E-state index contributed by atoms with van der Waals surface area (Å²) in [5, 5.41) is 2.71. The van der Waals surface area contributed by atoms with E-state index in [9.17, 15) is 9.59 Å². The lowest BCUT2D eigenvalue weighted by atomic mass is 10.0. The van der Waals surface area contributed by atoms with Gasteiger partial charge < -0.3 is 19.0 Å². The second-order valence-electron chi connectivity index (χ2n) is 8.52. The van der Waals surface area contributed by atoms with Crippen molar-refractivity contribution >= 4 is 34.8 Å². The number of hydrogen-bond acceptors (Lipinski definition) is 5. The van der Waals surface area contributed by atoms with E-state index in [1.54, 1.807) is 40.5 Å². The molecule has 0 saturated heterocycles. The van der Waals surface area contributed by atoms with Gasteiger partial charge in [0.15, 0.2) is 5.76 Å². The fraction of sp³-hybridized carbons (Fsp3) is 0.360. The van der Waals surface area contributed by atoms with Crippen LogP contribution in [0.4, 0.5) is 0 Å².